The van der Waals surface area contributed by atoms with Crippen LogP contribution in [0.4, 0.5) is 5.13 Å². The Labute approximate surface area is 143 Å². The van der Waals surface area contributed by atoms with E-state index in [2.05, 4.69) is 15.5 Å². The third-order valence-electron chi connectivity index (χ3n) is 4.07. The zero-order chi connectivity index (χ0) is 16.9. The van der Waals surface area contributed by atoms with Gasteiger partial charge < -0.3 is 15.3 Å². The summed E-state index contributed by atoms with van der Waals surface area (Å²) in [6, 6.07) is 6.81. The van der Waals surface area contributed by atoms with Gasteiger partial charge in [-0.1, -0.05) is 29.5 Å². The number of hydrogen-bond acceptors (Lipinski definition) is 6. The van der Waals surface area contributed by atoms with Crippen molar-refractivity contribution in [3.8, 4) is 5.75 Å². The fraction of sp³-hybridized carbons (Fsp3) is 0.375. The van der Waals surface area contributed by atoms with E-state index in [4.69, 9.17) is 0 Å². The normalized spacial score (nSPS) is 17.5. The van der Waals surface area contributed by atoms with E-state index in [0.717, 1.165) is 12.8 Å². The molecule has 0 bridgehead atoms. The molecule has 2 aromatic rings. The van der Waals surface area contributed by atoms with Crippen LogP contribution >= 0.6 is 11.3 Å². The summed E-state index contributed by atoms with van der Waals surface area (Å²) < 4.78 is 0. The second kappa shape index (κ2) is 7.39. The Morgan fingerprint density at radius 2 is 2.21 bits per heavy atom. The van der Waals surface area contributed by atoms with Crippen molar-refractivity contribution in [3.63, 3.8) is 0 Å². The first-order valence-corrected chi connectivity index (χ1v) is 8.63. The lowest BCUT2D eigenvalue weighted by molar-refractivity contribution is -0.134. The summed E-state index contributed by atoms with van der Waals surface area (Å²) >= 11 is 1.26. The van der Waals surface area contributed by atoms with Crippen molar-refractivity contribution in [2.75, 3.05) is 18.4 Å². The van der Waals surface area contributed by atoms with Gasteiger partial charge in [-0.3, -0.25) is 9.59 Å². The van der Waals surface area contributed by atoms with Gasteiger partial charge in [0.1, 0.15) is 11.3 Å². The van der Waals surface area contributed by atoms with Crippen LogP contribution in [-0.2, 0) is 16.0 Å². The van der Waals surface area contributed by atoms with Crippen LogP contribution in [0.25, 0.3) is 0 Å². The van der Waals surface area contributed by atoms with Crippen molar-refractivity contribution >= 4 is 28.3 Å². The topological polar surface area (TPSA) is 95.4 Å². The number of rotatable bonds is 4. The number of anilines is 1. The van der Waals surface area contributed by atoms with Gasteiger partial charge in [0.25, 0.3) is 0 Å². The highest BCUT2D eigenvalue weighted by molar-refractivity contribution is 7.13. The maximum absolute atomic E-state index is 12.5. The molecule has 7 nitrogen and oxygen atoms in total. The fourth-order valence-corrected chi connectivity index (χ4v) is 3.24. The van der Waals surface area contributed by atoms with Gasteiger partial charge in [0.05, 0.1) is 12.3 Å². The second-order valence-corrected chi connectivity index (χ2v) is 6.55. The van der Waals surface area contributed by atoms with Crippen molar-refractivity contribution in [2.45, 2.75) is 19.3 Å². The van der Waals surface area contributed by atoms with E-state index < -0.39 is 0 Å². The molecule has 1 saturated heterocycles. The first kappa shape index (κ1) is 16.4. The van der Waals surface area contributed by atoms with Crippen molar-refractivity contribution in [1.29, 1.82) is 0 Å². The monoisotopic (exact) mass is 346 g/mol. The highest BCUT2D eigenvalue weighted by atomic mass is 32.1. The van der Waals surface area contributed by atoms with Gasteiger partial charge in [-0.05, 0) is 18.9 Å². The summed E-state index contributed by atoms with van der Waals surface area (Å²) in [7, 11) is 0. The SMILES string of the molecule is O=C(Nc1nncs1)C1CCCN(C(=O)Cc2ccccc2O)C1. The minimum Gasteiger partial charge on any atom is -0.508 e. The Hall–Kier alpha value is -2.48. The molecule has 1 unspecified atom stereocenters. The zero-order valence-electron chi connectivity index (χ0n) is 13.0. The predicted molar refractivity (Wildman–Crippen MR) is 89.7 cm³/mol. The first-order chi connectivity index (χ1) is 11.6. The van der Waals surface area contributed by atoms with Gasteiger partial charge in [-0.15, -0.1) is 10.2 Å². The van der Waals surface area contributed by atoms with Crippen LogP contribution in [0.5, 0.6) is 5.75 Å². The molecule has 0 saturated carbocycles. The van der Waals surface area contributed by atoms with Crippen molar-refractivity contribution in [1.82, 2.24) is 15.1 Å². The molecule has 0 radical (unpaired) electrons. The van der Waals surface area contributed by atoms with Gasteiger partial charge in [-0.25, -0.2) is 0 Å². The number of benzene rings is 1. The van der Waals surface area contributed by atoms with Crippen LogP contribution in [-0.4, -0.2) is 45.1 Å². The number of carbonyl (C=O) groups is 2. The number of phenolic OH excluding ortho intramolecular Hbond substituents is 1. The Morgan fingerprint density at radius 3 is 2.96 bits per heavy atom. The Morgan fingerprint density at radius 1 is 1.38 bits per heavy atom. The van der Waals surface area contributed by atoms with Gasteiger partial charge in [-0.2, -0.15) is 0 Å². The number of aromatic hydroxyl groups is 1. The highest BCUT2D eigenvalue weighted by Gasteiger charge is 2.29. The molecule has 0 spiro atoms. The Bertz CT molecular complexity index is 720. The molecule has 2 N–H and O–H groups in total. The minimum atomic E-state index is -0.254. The predicted octanol–water partition coefficient (Wildman–Crippen LogP) is 1.66. The molecule has 1 aromatic heterocycles. The van der Waals surface area contributed by atoms with E-state index >= 15 is 0 Å². The summed E-state index contributed by atoms with van der Waals surface area (Å²) in [6.07, 6.45) is 1.66. The maximum Gasteiger partial charge on any atom is 0.231 e. The number of phenols is 1. The van der Waals surface area contributed by atoms with E-state index in [-0.39, 0.29) is 29.9 Å². The lowest BCUT2D eigenvalue weighted by Gasteiger charge is -2.32. The second-order valence-electron chi connectivity index (χ2n) is 5.72. The number of amides is 2. The van der Waals surface area contributed by atoms with Gasteiger partial charge in [0.2, 0.25) is 16.9 Å². The number of para-hydroxylation sites is 1. The largest absolute Gasteiger partial charge is 0.508 e. The first-order valence-electron chi connectivity index (χ1n) is 7.75. The van der Waals surface area contributed by atoms with E-state index in [0.29, 0.717) is 23.8 Å². The average molecular weight is 346 g/mol. The minimum absolute atomic E-state index is 0.0788. The Kier molecular flexibility index (Phi) is 5.05. The third kappa shape index (κ3) is 3.88. The molecule has 1 aromatic carbocycles. The number of aromatic nitrogens is 2. The number of nitrogens with one attached hydrogen (secondary N) is 1. The van der Waals surface area contributed by atoms with Crippen LogP contribution in [0, 0.1) is 5.92 Å². The molecule has 1 fully saturated rings. The van der Waals surface area contributed by atoms with E-state index in [1.54, 1.807) is 34.7 Å². The number of carbonyl (C=O) groups excluding carboxylic acids is 2. The van der Waals surface area contributed by atoms with Gasteiger partial charge in [0.15, 0.2) is 0 Å². The maximum atomic E-state index is 12.5. The fourth-order valence-electron chi connectivity index (χ4n) is 2.79. The number of nitrogens with zero attached hydrogens (tertiary/aromatic N) is 3. The molecule has 126 valence electrons. The molecule has 3 rings (SSSR count). The van der Waals surface area contributed by atoms with E-state index in [1.807, 2.05) is 0 Å². The summed E-state index contributed by atoms with van der Waals surface area (Å²) in [5.41, 5.74) is 2.15. The standard InChI is InChI=1S/C16H18N4O3S/c21-13-6-2-1-4-11(13)8-14(22)20-7-3-5-12(9-20)15(23)18-16-19-17-10-24-16/h1-2,4,6,10,12,21H,3,5,7-9H2,(H,18,19,23). The van der Waals surface area contributed by atoms with Gasteiger partial charge >= 0.3 is 0 Å². The number of hydrogen-bond donors (Lipinski definition) is 2. The van der Waals surface area contributed by atoms with Crippen LogP contribution in [0.15, 0.2) is 29.8 Å². The average Bonchev–Trinajstić information content (AvgIpc) is 3.10. The van der Waals surface area contributed by atoms with E-state index in [1.165, 1.54) is 11.3 Å². The number of piperidine rings is 1. The third-order valence-corrected chi connectivity index (χ3v) is 4.68. The van der Waals surface area contributed by atoms with Crippen LogP contribution in [0.2, 0.25) is 0 Å². The molecule has 24 heavy (non-hydrogen) atoms. The molecule has 0 aliphatic carbocycles. The number of likely N-dealkylation sites (tertiary alicyclic amines) is 1. The molecule has 1 aliphatic heterocycles. The quantitative estimate of drug-likeness (QED) is 0.878. The zero-order valence-corrected chi connectivity index (χ0v) is 13.8. The van der Waals surface area contributed by atoms with Crippen molar-refractivity contribution in [2.24, 2.45) is 5.92 Å². The smallest absolute Gasteiger partial charge is 0.231 e. The van der Waals surface area contributed by atoms with E-state index in [9.17, 15) is 14.7 Å². The highest BCUT2D eigenvalue weighted by Crippen LogP contribution is 2.22. The summed E-state index contributed by atoms with van der Waals surface area (Å²) in [4.78, 5) is 26.5. The lowest BCUT2D eigenvalue weighted by atomic mass is 9.96. The van der Waals surface area contributed by atoms with Crippen molar-refractivity contribution in [3.05, 3.63) is 35.3 Å². The Balaban J connectivity index is 1.59. The molecule has 2 amide bonds. The summed E-state index contributed by atoms with van der Waals surface area (Å²) in [6.45, 7) is 1.02. The van der Waals surface area contributed by atoms with Crippen molar-refractivity contribution < 1.29 is 14.7 Å². The van der Waals surface area contributed by atoms with Gasteiger partial charge in [0, 0.05) is 18.7 Å². The molecular formula is C16H18N4O3S. The molecule has 8 heteroatoms. The molecule has 2 heterocycles. The summed E-state index contributed by atoms with van der Waals surface area (Å²) in [5, 5.41) is 20.5. The van der Waals surface area contributed by atoms with Crippen LogP contribution in [0.1, 0.15) is 18.4 Å². The molecular weight excluding hydrogens is 328 g/mol. The summed E-state index contributed by atoms with van der Waals surface area (Å²) in [5.74, 6) is -0.346. The lowest BCUT2D eigenvalue weighted by Crippen LogP contribution is -2.44. The molecule has 1 aliphatic rings. The van der Waals surface area contributed by atoms with Crippen LogP contribution in [0.3, 0.4) is 0 Å². The van der Waals surface area contributed by atoms with Crippen LogP contribution < -0.4 is 5.32 Å². The molecule has 1 atom stereocenters.